The fourth-order valence-corrected chi connectivity index (χ4v) is 5.37. The van der Waals surface area contributed by atoms with Crippen LogP contribution in [0.15, 0.2) is 72.8 Å². The third-order valence-electron chi connectivity index (χ3n) is 6.73. The predicted octanol–water partition coefficient (Wildman–Crippen LogP) is 7.77. The molecule has 5 rings (SSSR count). The molecule has 1 aliphatic heterocycles. The maximum atomic E-state index is 13.9. The summed E-state index contributed by atoms with van der Waals surface area (Å²) in [4.78, 5) is 15.7. The number of halogens is 2. The van der Waals surface area contributed by atoms with Gasteiger partial charge in [0.15, 0.2) is 0 Å². The number of hydrogen-bond donors (Lipinski definition) is 2. The minimum atomic E-state index is -0.574. The Labute approximate surface area is 214 Å². The Bertz CT molecular complexity index is 1310. The lowest BCUT2D eigenvalue weighted by Crippen LogP contribution is -2.41. The second-order valence-corrected chi connectivity index (χ2v) is 9.78. The summed E-state index contributed by atoms with van der Waals surface area (Å²) >= 11 is 12.4. The van der Waals surface area contributed by atoms with Crippen molar-refractivity contribution in [1.29, 1.82) is 0 Å². The maximum absolute atomic E-state index is 13.9. The van der Waals surface area contributed by atoms with Crippen molar-refractivity contribution >= 4 is 39.9 Å². The summed E-state index contributed by atoms with van der Waals surface area (Å²) in [5, 5.41) is 25.1. The van der Waals surface area contributed by atoms with Crippen LogP contribution in [0.5, 0.6) is 11.5 Å². The van der Waals surface area contributed by atoms with Crippen molar-refractivity contribution in [3.05, 3.63) is 105 Å². The summed E-state index contributed by atoms with van der Waals surface area (Å²) in [5.41, 5.74) is 2.86. The number of aromatic hydroxyl groups is 2. The zero-order valence-corrected chi connectivity index (χ0v) is 20.7. The summed E-state index contributed by atoms with van der Waals surface area (Å²) in [6.07, 6.45) is 1.96. The van der Waals surface area contributed by atoms with E-state index in [0.717, 1.165) is 34.7 Å². The highest BCUT2D eigenvalue weighted by atomic mass is 35.5. The Kier molecular flexibility index (Phi) is 6.35. The van der Waals surface area contributed by atoms with E-state index in [1.165, 1.54) is 0 Å². The first-order valence-electron chi connectivity index (χ1n) is 11.7. The number of amides is 1. The monoisotopic (exact) mass is 505 g/mol. The van der Waals surface area contributed by atoms with Gasteiger partial charge in [0.2, 0.25) is 5.91 Å². The standard InChI is InChI=1S/C29H25Cl2NO3/c1-2-3-4-24(35)32-28(18-5-11-20(30)12-6-18)26-22(33)15-9-17-10-16-23(34)27(25(17)26)29(32)19-7-13-21(31)14-8-19/h5-16,28-29,33-34H,2-4H2,1H3. The Balaban J connectivity index is 1.88. The third kappa shape index (κ3) is 4.11. The van der Waals surface area contributed by atoms with E-state index < -0.39 is 12.1 Å². The Morgan fingerprint density at radius 1 is 0.771 bits per heavy atom. The number of rotatable bonds is 5. The molecule has 4 aromatic rings. The van der Waals surface area contributed by atoms with E-state index >= 15 is 0 Å². The van der Waals surface area contributed by atoms with Gasteiger partial charge in [0, 0.05) is 33.0 Å². The van der Waals surface area contributed by atoms with Crippen LogP contribution in [0.2, 0.25) is 10.0 Å². The van der Waals surface area contributed by atoms with Gasteiger partial charge in [0.1, 0.15) is 11.5 Å². The molecule has 0 spiro atoms. The van der Waals surface area contributed by atoms with Crippen molar-refractivity contribution in [3.8, 4) is 11.5 Å². The molecule has 0 bridgehead atoms. The quantitative estimate of drug-likeness (QED) is 0.291. The smallest absolute Gasteiger partial charge is 0.224 e. The van der Waals surface area contributed by atoms with Crippen LogP contribution >= 0.6 is 23.2 Å². The largest absolute Gasteiger partial charge is 0.508 e. The van der Waals surface area contributed by atoms with Crippen LogP contribution in [0.3, 0.4) is 0 Å². The summed E-state index contributed by atoms with van der Waals surface area (Å²) < 4.78 is 0. The number of phenols is 2. The molecular weight excluding hydrogens is 481 g/mol. The summed E-state index contributed by atoms with van der Waals surface area (Å²) in [5.74, 6) is 0.0938. The van der Waals surface area contributed by atoms with Crippen molar-refractivity contribution in [2.75, 3.05) is 0 Å². The van der Waals surface area contributed by atoms with Crippen molar-refractivity contribution in [3.63, 3.8) is 0 Å². The molecule has 6 heteroatoms. The maximum Gasteiger partial charge on any atom is 0.224 e. The second-order valence-electron chi connectivity index (χ2n) is 8.91. The average molecular weight is 506 g/mol. The molecule has 0 fully saturated rings. The molecule has 2 atom stereocenters. The number of hydrogen-bond acceptors (Lipinski definition) is 3. The lowest BCUT2D eigenvalue weighted by molar-refractivity contribution is -0.135. The van der Waals surface area contributed by atoms with Gasteiger partial charge in [-0.05, 0) is 59.3 Å². The van der Waals surface area contributed by atoms with Crippen LogP contribution in [0, 0.1) is 0 Å². The minimum Gasteiger partial charge on any atom is -0.508 e. The molecule has 178 valence electrons. The molecule has 1 heterocycles. The van der Waals surface area contributed by atoms with Gasteiger partial charge >= 0.3 is 0 Å². The molecule has 0 radical (unpaired) electrons. The number of carbonyl (C=O) groups excluding carboxylic acids is 1. The van der Waals surface area contributed by atoms with E-state index in [0.29, 0.717) is 27.6 Å². The fourth-order valence-electron chi connectivity index (χ4n) is 5.12. The third-order valence-corrected chi connectivity index (χ3v) is 7.23. The molecule has 4 aromatic carbocycles. The van der Waals surface area contributed by atoms with E-state index in [1.54, 1.807) is 41.3 Å². The number of phenolic OH excluding ortho intramolecular Hbond substituents is 2. The molecule has 35 heavy (non-hydrogen) atoms. The lowest BCUT2D eigenvalue weighted by Gasteiger charge is -2.44. The molecule has 1 aliphatic rings. The van der Waals surface area contributed by atoms with Crippen LogP contribution in [0.1, 0.15) is 60.5 Å². The van der Waals surface area contributed by atoms with Crippen molar-refractivity contribution < 1.29 is 15.0 Å². The molecule has 4 nitrogen and oxygen atoms in total. The number of benzene rings is 4. The topological polar surface area (TPSA) is 60.8 Å². The second kappa shape index (κ2) is 9.44. The summed E-state index contributed by atoms with van der Waals surface area (Å²) in [7, 11) is 0. The van der Waals surface area contributed by atoms with Gasteiger partial charge in [-0.3, -0.25) is 4.79 Å². The van der Waals surface area contributed by atoms with Crippen molar-refractivity contribution in [2.24, 2.45) is 0 Å². The normalized spacial score (nSPS) is 17.1. The van der Waals surface area contributed by atoms with Gasteiger partial charge in [-0.2, -0.15) is 0 Å². The highest BCUT2D eigenvalue weighted by Gasteiger charge is 2.42. The molecule has 2 N–H and O–H groups in total. The molecular formula is C29H25Cl2NO3. The highest BCUT2D eigenvalue weighted by Crippen LogP contribution is 2.53. The SMILES string of the molecule is CCCCC(=O)N1C(c2ccc(Cl)cc2)c2c(O)ccc3ccc(O)c(c23)C1c1ccc(Cl)cc1. The zero-order valence-electron chi connectivity index (χ0n) is 19.2. The number of unbranched alkanes of at least 4 members (excludes halogenated alkanes) is 1. The Morgan fingerprint density at radius 2 is 1.23 bits per heavy atom. The Morgan fingerprint density at radius 3 is 1.66 bits per heavy atom. The van der Waals surface area contributed by atoms with E-state index in [1.807, 2.05) is 43.3 Å². The minimum absolute atomic E-state index is 0.0583. The number of nitrogens with zero attached hydrogens (tertiary/aromatic N) is 1. The van der Waals surface area contributed by atoms with E-state index in [9.17, 15) is 15.0 Å². The van der Waals surface area contributed by atoms with Crippen molar-refractivity contribution in [2.45, 2.75) is 38.3 Å². The first kappa shape index (κ1) is 23.5. The molecule has 0 aromatic heterocycles. The van der Waals surface area contributed by atoms with Gasteiger partial charge < -0.3 is 15.1 Å². The van der Waals surface area contributed by atoms with E-state index in [2.05, 4.69) is 0 Å². The zero-order chi connectivity index (χ0) is 24.7. The van der Waals surface area contributed by atoms with Crippen molar-refractivity contribution in [1.82, 2.24) is 4.90 Å². The van der Waals surface area contributed by atoms with Crippen LogP contribution < -0.4 is 0 Å². The lowest BCUT2D eigenvalue weighted by atomic mass is 9.79. The van der Waals surface area contributed by atoms with Crippen LogP contribution in [0.25, 0.3) is 10.8 Å². The molecule has 0 saturated carbocycles. The first-order chi connectivity index (χ1) is 16.9. The van der Waals surface area contributed by atoms with Gasteiger partial charge in [-0.15, -0.1) is 0 Å². The predicted molar refractivity (Wildman–Crippen MR) is 140 cm³/mol. The van der Waals surface area contributed by atoms with Crippen LogP contribution in [0.4, 0.5) is 0 Å². The van der Waals surface area contributed by atoms with Crippen LogP contribution in [-0.4, -0.2) is 21.0 Å². The summed E-state index contributed by atoms with van der Waals surface area (Å²) in [6, 6.07) is 20.5. The average Bonchev–Trinajstić information content (AvgIpc) is 2.86. The van der Waals surface area contributed by atoms with Crippen LogP contribution in [-0.2, 0) is 4.79 Å². The highest BCUT2D eigenvalue weighted by molar-refractivity contribution is 6.30. The fraction of sp³-hybridized carbons (Fsp3) is 0.207. The van der Waals surface area contributed by atoms with E-state index in [4.69, 9.17) is 23.2 Å². The Hall–Kier alpha value is -3.21. The first-order valence-corrected chi connectivity index (χ1v) is 12.5. The van der Waals surface area contributed by atoms with Gasteiger partial charge in [0.05, 0.1) is 12.1 Å². The summed E-state index contributed by atoms with van der Waals surface area (Å²) in [6.45, 7) is 2.05. The van der Waals surface area contributed by atoms with Gasteiger partial charge in [-0.25, -0.2) is 0 Å². The van der Waals surface area contributed by atoms with Gasteiger partial charge in [0.25, 0.3) is 0 Å². The molecule has 1 amide bonds. The van der Waals surface area contributed by atoms with Gasteiger partial charge in [-0.1, -0.05) is 72.9 Å². The van der Waals surface area contributed by atoms with E-state index in [-0.39, 0.29) is 17.4 Å². The molecule has 0 aliphatic carbocycles. The molecule has 0 saturated heterocycles. The number of carbonyl (C=O) groups is 1. The molecule has 2 unspecified atom stereocenters.